The molecule has 0 aromatic heterocycles. The number of esters is 2. The summed E-state index contributed by atoms with van der Waals surface area (Å²) in [5, 5.41) is 0. The number of hydrogen-bond donors (Lipinski definition) is 2. The Bertz CT molecular complexity index is 778. The first-order chi connectivity index (χ1) is 21.4. The van der Waals surface area contributed by atoms with Crippen LogP contribution in [0, 0.1) is 0 Å². The fraction of sp³-hybridized carbons (Fsp3) is 0.941. The number of unbranched alkanes of at least 4 members (excludes halogenated alkanes) is 18. The molecular weight excluding hydrogens is 595 g/mol. The molecule has 1 unspecified atom stereocenters. The van der Waals surface area contributed by atoms with E-state index in [0.717, 1.165) is 32.1 Å². The van der Waals surface area contributed by atoms with E-state index in [4.69, 9.17) is 24.3 Å². The molecule has 0 aliphatic carbocycles. The number of quaternary nitrogens is 1. The number of carbonyl (C=O) groups is 2. The van der Waals surface area contributed by atoms with Gasteiger partial charge >= 0.3 is 19.8 Å². The predicted molar refractivity (Wildman–Crippen MR) is 181 cm³/mol. The van der Waals surface area contributed by atoms with Gasteiger partial charge in [0.2, 0.25) is 0 Å². The van der Waals surface area contributed by atoms with Crippen LogP contribution in [0.25, 0.3) is 0 Å². The number of nitrogens with zero attached hydrogens (tertiary/aromatic N) is 1. The molecule has 0 heterocycles. The molecule has 45 heavy (non-hydrogen) atoms. The second-order valence-electron chi connectivity index (χ2n) is 13.5. The Morgan fingerprint density at radius 2 is 1.09 bits per heavy atom. The lowest BCUT2D eigenvalue weighted by atomic mass is 10.1. The summed E-state index contributed by atoms with van der Waals surface area (Å²) in [5.74, 6) is -0.938. The molecule has 0 radical (unpaired) electrons. The molecule has 0 aromatic carbocycles. The Morgan fingerprint density at radius 1 is 0.689 bits per heavy atom. The molecule has 0 aliphatic rings. The van der Waals surface area contributed by atoms with Crippen LogP contribution in [0.2, 0.25) is 0 Å². The highest BCUT2D eigenvalue weighted by Gasteiger charge is 2.33. The highest BCUT2D eigenvalue weighted by atomic mass is 31.2. The summed E-state index contributed by atoms with van der Waals surface area (Å²) in [6.07, 6.45) is 20.7. The van der Waals surface area contributed by atoms with Crippen LogP contribution in [0.5, 0.6) is 0 Å². The monoisotopic (exact) mass is 665 g/mol. The summed E-state index contributed by atoms with van der Waals surface area (Å²) in [6.45, 7) is 4.52. The molecule has 10 nitrogen and oxygen atoms in total. The molecule has 0 rings (SSSR count). The van der Waals surface area contributed by atoms with Gasteiger partial charge in [-0.1, -0.05) is 129 Å². The van der Waals surface area contributed by atoms with E-state index in [0.29, 0.717) is 23.9 Å². The van der Waals surface area contributed by atoms with Crippen LogP contribution >= 0.6 is 7.82 Å². The highest BCUT2D eigenvalue weighted by Crippen LogP contribution is 2.44. The third-order valence-corrected chi connectivity index (χ3v) is 8.82. The Balaban J connectivity index is 4.62. The smallest absolute Gasteiger partial charge is 0.462 e. The fourth-order valence-electron chi connectivity index (χ4n) is 4.87. The molecule has 0 saturated heterocycles. The first kappa shape index (κ1) is 44.0. The normalized spacial score (nSPS) is 14.6. The predicted octanol–water partition coefficient (Wildman–Crippen LogP) is 8.19. The molecular formula is C34H70N2O8P+. The quantitative estimate of drug-likeness (QED) is 0.0240. The number of rotatable bonds is 32. The number of hydrogen-bond acceptors (Lipinski definition) is 8. The standard InChI is InChI=1S/C34H69N2O8P/c1-6-8-10-12-14-16-17-19-20-22-24-26-32(37)41-30-31(34(35)44-45(39,40)42-29-28-36(3,4)5)43-33(38)27-25-23-21-18-15-13-11-9-7-2/h31,34H,6-30,35H2,1-5H3/p+1/t31-,34-/m1/s1. The number of ether oxygens (including phenoxy) is 2. The van der Waals surface area contributed by atoms with Crippen molar-refractivity contribution >= 4 is 19.8 Å². The number of phosphoric ester groups is 1. The Morgan fingerprint density at radius 3 is 1.51 bits per heavy atom. The largest absolute Gasteiger partial charge is 0.474 e. The third kappa shape index (κ3) is 30.1. The summed E-state index contributed by atoms with van der Waals surface area (Å²) >= 11 is 0. The highest BCUT2D eigenvalue weighted by molar-refractivity contribution is 7.47. The molecule has 0 saturated carbocycles. The SMILES string of the molecule is CCCCCCCCCCCCCC(=O)OC[C@@H](OC(=O)CCCCCCCCCCC)[C@H](N)OP(=O)(O)OCC[N+](C)(C)C. The summed E-state index contributed by atoms with van der Waals surface area (Å²) in [4.78, 5) is 35.2. The lowest BCUT2D eigenvalue weighted by molar-refractivity contribution is -0.870. The van der Waals surface area contributed by atoms with Gasteiger partial charge in [-0.25, -0.2) is 4.57 Å². The van der Waals surface area contributed by atoms with Crippen molar-refractivity contribution in [2.75, 3.05) is 40.9 Å². The molecule has 0 fully saturated rings. The number of phosphoric acid groups is 1. The van der Waals surface area contributed by atoms with Crippen molar-refractivity contribution in [1.82, 2.24) is 0 Å². The van der Waals surface area contributed by atoms with Gasteiger partial charge in [-0.2, -0.15) is 0 Å². The molecule has 268 valence electrons. The molecule has 0 bridgehead atoms. The van der Waals surface area contributed by atoms with E-state index in [1.54, 1.807) is 0 Å². The van der Waals surface area contributed by atoms with E-state index in [2.05, 4.69) is 13.8 Å². The van der Waals surface area contributed by atoms with E-state index < -0.39 is 32.1 Å². The molecule has 3 atom stereocenters. The van der Waals surface area contributed by atoms with Gasteiger partial charge in [-0.05, 0) is 12.8 Å². The number of nitrogens with two attached hydrogens (primary N) is 1. The fourth-order valence-corrected chi connectivity index (χ4v) is 5.68. The van der Waals surface area contributed by atoms with E-state index >= 15 is 0 Å². The van der Waals surface area contributed by atoms with Gasteiger partial charge in [0.1, 0.15) is 19.8 Å². The van der Waals surface area contributed by atoms with E-state index in [-0.39, 0.29) is 26.1 Å². The van der Waals surface area contributed by atoms with Crippen molar-refractivity contribution in [3.8, 4) is 0 Å². The van der Waals surface area contributed by atoms with Gasteiger partial charge in [-0.15, -0.1) is 0 Å². The van der Waals surface area contributed by atoms with Crippen LogP contribution in [-0.2, 0) is 32.7 Å². The maximum atomic E-state index is 12.6. The second kappa shape index (κ2) is 28.0. The van der Waals surface area contributed by atoms with Crippen LogP contribution in [0.4, 0.5) is 0 Å². The summed E-state index contributed by atoms with van der Waals surface area (Å²) in [5.41, 5.74) is 6.05. The Kier molecular flexibility index (Phi) is 27.4. The first-order valence-corrected chi connectivity index (χ1v) is 19.5. The van der Waals surface area contributed by atoms with E-state index in [1.165, 1.54) is 83.5 Å². The van der Waals surface area contributed by atoms with E-state index in [9.17, 15) is 19.0 Å². The van der Waals surface area contributed by atoms with Crippen LogP contribution in [0.1, 0.15) is 155 Å². The van der Waals surface area contributed by atoms with Crippen molar-refractivity contribution in [3.63, 3.8) is 0 Å². The summed E-state index contributed by atoms with van der Waals surface area (Å²) in [6, 6.07) is 0. The van der Waals surface area contributed by atoms with Crippen molar-refractivity contribution in [1.29, 1.82) is 0 Å². The molecule has 0 aliphatic heterocycles. The van der Waals surface area contributed by atoms with E-state index in [1.807, 2.05) is 21.1 Å². The van der Waals surface area contributed by atoms with Gasteiger partial charge in [0, 0.05) is 12.8 Å². The molecule has 0 aromatic rings. The first-order valence-electron chi connectivity index (χ1n) is 18.0. The zero-order valence-electron chi connectivity index (χ0n) is 29.6. The van der Waals surface area contributed by atoms with Gasteiger partial charge in [-0.3, -0.25) is 18.6 Å². The van der Waals surface area contributed by atoms with Crippen LogP contribution in [0.15, 0.2) is 0 Å². The topological polar surface area (TPSA) is 134 Å². The minimum atomic E-state index is -4.53. The minimum Gasteiger partial charge on any atom is -0.462 e. The van der Waals surface area contributed by atoms with Crippen LogP contribution < -0.4 is 5.73 Å². The number of carbonyl (C=O) groups excluding carboxylic acids is 2. The van der Waals surface area contributed by atoms with Crippen molar-refractivity contribution in [3.05, 3.63) is 0 Å². The molecule has 3 N–H and O–H groups in total. The third-order valence-electron chi connectivity index (χ3n) is 7.80. The maximum Gasteiger partial charge on any atom is 0.474 e. The molecule has 0 spiro atoms. The summed E-state index contributed by atoms with van der Waals surface area (Å²) < 4.78 is 34.1. The maximum absolute atomic E-state index is 12.6. The average Bonchev–Trinajstić information content (AvgIpc) is 2.96. The average molecular weight is 666 g/mol. The zero-order chi connectivity index (χ0) is 33.8. The second-order valence-corrected chi connectivity index (χ2v) is 14.9. The van der Waals surface area contributed by atoms with Crippen molar-refractivity contribution in [2.24, 2.45) is 5.73 Å². The van der Waals surface area contributed by atoms with Crippen molar-refractivity contribution < 1.29 is 42.1 Å². The van der Waals surface area contributed by atoms with Gasteiger partial charge < -0.3 is 24.6 Å². The van der Waals surface area contributed by atoms with Gasteiger partial charge in [0.25, 0.3) is 0 Å². The van der Waals surface area contributed by atoms with Crippen molar-refractivity contribution in [2.45, 2.75) is 167 Å². The lowest BCUT2D eigenvalue weighted by Gasteiger charge is -2.26. The van der Waals surface area contributed by atoms with Crippen LogP contribution in [-0.4, -0.2) is 74.5 Å². The summed E-state index contributed by atoms with van der Waals surface area (Å²) in [7, 11) is 1.24. The minimum absolute atomic E-state index is 0.0268. The number of likely N-dealkylation sites (N-methyl/N-ethyl adjacent to an activating group) is 1. The Hall–Kier alpha value is -1.03. The molecule has 11 heteroatoms. The zero-order valence-corrected chi connectivity index (χ0v) is 30.5. The molecule has 0 amide bonds. The van der Waals surface area contributed by atoms with Gasteiger partial charge in [0.05, 0.1) is 21.1 Å². The van der Waals surface area contributed by atoms with Gasteiger partial charge in [0.15, 0.2) is 12.3 Å². The Labute approximate surface area is 275 Å². The lowest BCUT2D eigenvalue weighted by Crippen LogP contribution is -2.43. The van der Waals surface area contributed by atoms with Crippen LogP contribution in [0.3, 0.4) is 0 Å².